The topological polar surface area (TPSA) is 77.3 Å². The minimum absolute atomic E-state index is 0.0166. The summed E-state index contributed by atoms with van der Waals surface area (Å²) in [5, 5.41) is 13.9. The van der Waals surface area contributed by atoms with Gasteiger partial charge in [0.15, 0.2) is 12.7 Å². The summed E-state index contributed by atoms with van der Waals surface area (Å²) in [6, 6.07) is 33.4. The van der Waals surface area contributed by atoms with Gasteiger partial charge in [0, 0.05) is 6.42 Å². The Morgan fingerprint density at radius 1 is 0.780 bits per heavy atom. The molecule has 0 spiro atoms. The normalized spacial score (nSPS) is 12.4. The van der Waals surface area contributed by atoms with Crippen LogP contribution in [0.3, 0.4) is 0 Å². The fourth-order valence-corrected chi connectivity index (χ4v) is 4.24. The molecule has 212 valence electrons. The lowest BCUT2D eigenvalue weighted by Gasteiger charge is -2.20. The van der Waals surface area contributed by atoms with Crippen molar-refractivity contribution in [3.8, 4) is 22.6 Å². The largest absolute Gasteiger partial charge is 0.490 e. The number of carbonyl (C=O) groups is 1. The Labute approximate surface area is 242 Å². The molecule has 1 N–H and O–H groups in total. The monoisotopic (exact) mass is 551 g/mol. The molecule has 4 aromatic carbocycles. The summed E-state index contributed by atoms with van der Waals surface area (Å²) in [7, 11) is 0. The second-order valence-corrected chi connectivity index (χ2v) is 10.9. The maximum absolute atomic E-state index is 11.8. The van der Waals surface area contributed by atoms with Crippen molar-refractivity contribution in [2.45, 2.75) is 45.6 Å². The van der Waals surface area contributed by atoms with Crippen LogP contribution in [-0.2, 0) is 21.5 Å². The summed E-state index contributed by atoms with van der Waals surface area (Å²) in [5.74, 6) is 0.193. The van der Waals surface area contributed by atoms with Gasteiger partial charge in [0.2, 0.25) is 0 Å². The Kier molecular flexibility index (Phi) is 9.80. The van der Waals surface area contributed by atoms with Crippen molar-refractivity contribution in [1.82, 2.24) is 0 Å². The molecule has 0 saturated carbocycles. The number of aliphatic carboxylic acids is 1. The van der Waals surface area contributed by atoms with E-state index in [1.807, 2.05) is 85.8 Å². The number of hydrogen-bond acceptors (Lipinski definition) is 5. The molecule has 0 unspecified atom stereocenters. The summed E-state index contributed by atoms with van der Waals surface area (Å²) in [6.45, 7) is 8.92. The zero-order chi connectivity index (χ0) is 29.2. The van der Waals surface area contributed by atoms with Crippen LogP contribution in [0.15, 0.2) is 108 Å². The Morgan fingerprint density at radius 3 is 2.00 bits per heavy atom. The predicted molar refractivity (Wildman–Crippen MR) is 163 cm³/mol. The van der Waals surface area contributed by atoms with E-state index >= 15 is 0 Å². The van der Waals surface area contributed by atoms with Gasteiger partial charge in [0.05, 0.1) is 5.71 Å². The highest BCUT2D eigenvalue weighted by atomic mass is 16.6. The van der Waals surface area contributed by atoms with Crippen molar-refractivity contribution in [2.24, 2.45) is 5.16 Å². The maximum Gasteiger partial charge on any atom is 0.345 e. The molecule has 4 aromatic rings. The van der Waals surface area contributed by atoms with E-state index in [1.54, 1.807) is 0 Å². The second kappa shape index (κ2) is 13.7. The second-order valence-electron chi connectivity index (χ2n) is 10.9. The lowest BCUT2D eigenvalue weighted by molar-refractivity contribution is -0.145. The van der Waals surface area contributed by atoms with Gasteiger partial charge in [-0.15, -0.1) is 0 Å². The van der Waals surface area contributed by atoms with Gasteiger partial charge >= 0.3 is 5.97 Å². The van der Waals surface area contributed by atoms with Gasteiger partial charge in [-0.3, -0.25) is 0 Å². The lowest BCUT2D eigenvalue weighted by Crippen LogP contribution is -2.29. The highest BCUT2D eigenvalue weighted by molar-refractivity contribution is 5.98. The molecule has 0 aliphatic rings. The van der Waals surface area contributed by atoms with Crippen molar-refractivity contribution in [3.05, 3.63) is 120 Å². The first-order chi connectivity index (χ1) is 19.7. The number of nitrogens with zero attached hydrogens (tertiary/aromatic N) is 1. The SMILES string of the molecule is C/C(=N/OCCOc1ccc(C[C@H](Oc2ccc(C(C)(C)C)cc2)C(=O)O)cc1)c1ccc(-c2ccccc2)cc1. The average Bonchev–Trinajstić information content (AvgIpc) is 2.97. The van der Waals surface area contributed by atoms with Crippen molar-refractivity contribution in [2.75, 3.05) is 13.2 Å². The zero-order valence-electron chi connectivity index (χ0n) is 24.0. The van der Waals surface area contributed by atoms with Gasteiger partial charge in [-0.25, -0.2) is 4.79 Å². The van der Waals surface area contributed by atoms with Crippen LogP contribution in [-0.4, -0.2) is 36.1 Å². The van der Waals surface area contributed by atoms with Crippen molar-refractivity contribution in [1.29, 1.82) is 0 Å². The van der Waals surface area contributed by atoms with Crippen LogP contribution in [0, 0.1) is 0 Å². The van der Waals surface area contributed by atoms with Gasteiger partial charge in [0.25, 0.3) is 0 Å². The Hall–Kier alpha value is -4.58. The average molecular weight is 552 g/mol. The smallest absolute Gasteiger partial charge is 0.345 e. The first-order valence-corrected chi connectivity index (χ1v) is 13.7. The van der Waals surface area contributed by atoms with Crippen molar-refractivity contribution in [3.63, 3.8) is 0 Å². The van der Waals surface area contributed by atoms with Crippen LogP contribution in [0.2, 0.25) is 0 Å². The fraction of sp³-hybridized carbons (Fsp3) is 0.257. The Bertz CT molecular complexity index is 1420. The molecule has 0 radical (unpaired) electrons. The van der Waals surface area contributed by atoms with Gasteiger partial charge in [0.1, 0.15) is 18.1 Å². The number of rotatable bonds is 12. The molecule has 0 bridgehead atoms. The quantitative estimate of drug-likeness (QED) is 0.112. The van der Waals surface area contributed by atoms with Gasteiger partial charge in [-0.05, 0) is 64.4 Å². The number of oxime groups is 1. The standard InChI is InChI=1S/C35H37NO5/c1-25(27-12-14-29(15-13-27)28-8-6-5-7-9-28)36-40-23-22-39-31-18-10-26(11-19-31)24-33(34(37)38)41-32-20-16-30(17-21-32)35(2,3)4/h5-21,33H,22-24H2,1-4H3,(H,37,38)/b36-25-/t33-/m0/s1. The molecule has 0 amide bonds. The molecule has 4 rings (SSSR count). The summed E-state index contributed by atoms with van der Waals surface area (Å²) >= 11 is 0. The minimum atomic E-state index is -1.01. The minimum Gasteiger partial charge on any atom is -0.490 e. The van der Waals surface area contributed by atoms with E-state index < -0.39 is 12.1 Å². The third-order valence-electron chi connectivity index (χ3n) is 6.67. The lowest BCUT2D eigenvalue weighted by atomic mass is 9.87. The molecule has 0 fully saturated rings. The molecular formula is C35H37NO5. The van der Waals surface area contributed by atoms with Gasteiger partial charge in [-0.2, -0.15) is 0 Å². The van der Waals surface area contributed by atoms with E-state index in [1.165, 1.54) is 5.56 Å². The molecule has 0 aromatic heterocycles. The van der Waals surface area contributed by atoms with Crippen molar-refractivity contribution >= 4 is 11.7 Å². The number of ether oxygens (including phenoxy) is 2. The summed E-state index contributed by atoms with van der Waals surface area (Å²) in [5.41, 5.74) is 6.12. The molecule has 0 aliphatic heterocycles. The molecule has 1 atom stereocenters. The molecule has 6 nitrogen and oxygen atoms in total. The Balaban J connectivity index is 1.22. The fourth-order valence-electron chi connectivity index (χ4n) is 4.24. The highest BCUT2D eigenvalue weighted by Gasteiger charge is 2.21. The van der Waals surface area contributed by atoms with E-state index in [0.717, 1.165) is 28.0 Å². The van der Waals surface area contributed by atoms with Crippen molar-refractivity contribution < 1.29 is 24.2 Å². The maximum atomic E-state index is 11.8. The van der Waals surface area contributed by atoms with Crippen LogP contribution >= 0.6 is 0 Å². The molecule has 0 saturated heterocycles. The van der Waals surface area contributed by atoms with Gasteiger partial charge < -0.3 is 19.4 Å². The number of hydrogen-bond donors (Lipinski definition) is 1. The summed E-state index contributed by atoms with van der Waals surface area (Å²) in [4.78, 5) is 17.3. The molecular weight excluding hydrogens is 514 g/mol. The number of benzene rings is 4. The van der Waals surface area contributed by atoms with Crippen LogP contribution in [0.4, 0.5) is 0 Å². The number of carboxylic acids is 1. The molecule has 0 aliphatic carbocycles. The first kappa shape index (κ1) is 29.4. The number of carboxylic acid groups (broad SMARTS) is 1. The molecule has 41 heavy (non-hydrogen) atoms. The highest BCUT2D eigenvalue weighted by Crippen LogP contribution is 2.25. The van der Waals surface area contributed by atoms with Crippen LogP contribution in [0.5, 0.6) is 11.5 Å². The third-order valence-corrected chi connectivity index (χ3v) is 6.67. The Morgan fingerprint density at radius 2 is 1.39 bits per heavy atom. The summed E-state index contributed by atoms with van der Waals surface area (Å²) in [6.07, 6.45) is -0.758. The van der Waals surface area contributed by atoms with Crippen LogP contribution < -0.4 is 9.47 Å². The van der Waals surface area contributed by atoms with Gasteiger partial charge in [-0.1, -0.05) is 105 Å². The molecule has 6 heteroatoms. The third kappa shape index (κ3) is 8.70. The van der Waals surface area contributed by atoms with E-state index in [-0.39, 0.29) is 11.8 Å². The van der Waals surface area contributed by atoms with E-state index in [0.29, 0.717) is 24.7 Å². The zero-order valence-corrected chi connectivity index (χ0v) is 24.0. The van der Waals surface area contributed by atoms with E-state index in [2.05, 4.69) is 50.2 Å². The summed E-state index contributed by atoms with van der Waals surface area (Å²) < 4.78 is 11.5. The van der Waals surface area contributed by atoms with E-state index in [9.17, 15) is 9.90 Å². The first-order valence-electron chi connectivity index (χ1n) is 13.7. The van der Waals surface area contributed by atoms with Crippen LogP contribution in [0.1, 0.15) is 44.4 Å². The molecule has 0 heterocycles. The van der Waals surface area contributed by atoms with Crippen LogP contribution in [0.25, 0.3) is 11.1 Å². The predicted octanol–water partition coefficient (Wildman–Crippen LogP) is 7.55. The van der Waals surface area contributed by atoms with E-state index in [4.69, 9.17) is 14.3 Å².